The highest BCUT2D eigenvalue weighted by Crippen LogP contribution is 2.25. The molecule has 7 heteroatoms. The summed E-state index contributed by atoms with van der Waals surface area (Å²) in [6, 6.07) is 5.06. The van der Waals surface area contributed by atoms with Gasteiger partial charge in [0.15, 0.2) is 0 Å². The Morgan fingerprint density at radius 3 is 2.39 bits per heavy atom. The molecule has 2 rings (SSSR count). The lowest BCUT2D eigenvalue weighted by Crippen LogP contribution is -2.53. The minimum absolute atomic E-state index is 0.119. The van der Waals surface area contributed by atoms with Gasteiger partial charge in [0.05, 0.1) is 5.56 Å². The third kappa shape index (κ3) is 4.00. The van der Waals surface area contributed by atoms with Crippen LogP contribution in [-0.2, 0) is 9.53 Å². The van der Waals surface area contributed by atoms with Crippen molar-refractivity contribution in [3.63, 3.8) is 0 Å². The summed E-state index contributed by atoms with van der Waals surface area (Å²) in [6.45, 7) is 5.94. The first-order valence-electron chi connectivity index (χ1n) is 7.29. The highest BCUT2D eigenvalue weighted by atomic mass is 16.6. The van der Waals surface area contributed by atoms with Gasteiger partial charge in [0.1, 0.15) is 11.6 Å². The Kier molecular flexibility index (Phi) is 4.58. The Bertz CT molecular complexity index is 618. The number of hydrogen-bond donors (Lipinski definition) is 2. The molecular weight excluding hydrogens is 300 g/mol. The number of aromatic carboxylic acids is 1. The van der Waals surface area contributed by atoms with E-state index in [1.165, 1.54) is 29.2 Å². The molecule has 0 spiro atoms. The number of carboxylic acids is 1. The summed E-state index contributed by atoms with van der Waals surface area (Å²) in [5.41, 5.74) is -0.00485. The highest BCUT2D eigenvalue weighted by molar-refractivity contribution is 5.90. The maximum absolute atomic E-state index is 12.3. The molecule has 0 bridgehead atoms. The number of ether oxygens (including phenoxy) is 1. The molecule has 0 saturated carbocycles. The summed E-state index contributed by atoms with van der Waals surface area (Å²) >= 11 is 0. The number of rotatable bonds is 2. The Hall–Kier alpha value is -2.57. The Morgan fingerprint density at radius 2 is 1.87 bits per heavy atom. The van der Waals surface area contributed by atoms with Crippen LogP contribution in [0, 0.1) is 0 Å². The van der Waals surface area contributed by atoms with Crippen molar-refractivity contribution in [3.8, 4) is 0 Å². The highest BCUT2D eigenvalue weighted by Gasteiger charge is 2.36. The molecule has 1 unspecified atom stereocenters. The van der Waals surface area contributed by atoms with E-state index in [4.69, 9.17) is 9.84 Å². The van der Waals surface area contributed by atoms with Gasteiger partial charge in [0.2, 0.25) is 5.91 Å². The molecule has 2 N–H and O–H groups in total. The SMILES string of the molecule is CC(C)(C)OC(=O)N1CCNC(=O)C1c1ccc(C(=O)O)cc1. The number of nitrogens with zero attached hydrogens (tertiary/aromatic N) is 1. The maximum atomic E-state index is 12.3. The van der Waals surface area contributed by atoms with Crippen LogP contribution in [-0.4, -0.2) is 46.7 Å². The first-order valence-corrected chi connectivity index (χ1v) is 7.29. The van der Waals surface area contributed by atoms with Gasteiger partial charge in [0, 0.05) is 13.1 Å². The molecule has 0 aromatic heterocycles. The van der Waals surface area contributed by atoms with E-state index in [1.54, 1.807) is 20.8 Å². The second-order valence-corrected chi connectivity index (χ2v) is 6.29. The van der Waals surface area contributed by atoms with Crippen LogP contribution in [0.3, 0.4) is 0 Å². The summed E-state index contributed by atoms with van der Waals surface area (Å²) in [5.74, 6) is -1.36. The van der Waals surface area contributed by atoms with E-state index in [0.717, 1.165) is 0 Å². The molecule has 0 aliphatic carbocycles. The number of hydrogen-bond acceptors (Lipinski definition) is 4. The van der Waals surface area contributed by atoms with Gasteiger partial charge in [-0.1, -0.05) is 12.1 Å². The van der Waals surface area contributed by atoms with Crippen LogP contribution in [0.1, 0.15) is 42.7 Å². The van der Waals surface area contributed by atoms with Gasteiger partial charge in [-0.05, 0) is 38.5 Å². The average Bonchev–Trinajstić information content (AvgIpc) is 2.45. The first-order chi connectivity index (χ1) is 10.7. The molecule has 7 nitrogen and oxygen atoms in total. The van der Waals surface area contributed by atoms with E-state index >= 15 is 0 Å². The van der Waals surface area contributed by atoms with Gasteiger partial charge in [-0.25, -0.2) is 9.59 Å². The van der Waals surface area contributed by atoms with Crippen LogP contribution in [0.2, 0.25) is 0 Å². The van der Waals surface area contributed by atoms with Crippen molar-refractivity contribution in [2.75, 3.05) is 13.1 Å². The van der Waals surface area contributed by atoms with Gasteiger partial charge in [0.25, 0.3) is 0 Å². The van der Waals surface area contributed by atoms with Gasteiger partial charge < -0.3 is 15.2 Å². The van der Waals surface area contributed by atoms with Crippen molar-refractivity contribution < 1.29 is 24.2 Å². The lowest BCUT2D eigenvalue weighted by Gasteiger charge is -2.36. The fourth-order valence-electron chi connectivity index (χ4n) is 2.32. The van der Waals surface area contributed by atoms with E-state index < -0.39 is 23.7 Å². The van der Waals surface area contributed by atoms with Gasteiger partial charge in [-0.15, -0.1) is 0 Å². The average molecular weight is 320 g/mol. The molecule has 2 amide bonds. The second-order valence-electron chi connectivity index (χ2n) is 6.29. The van der Waals surface area contributed by atoms with Gasteiger partial charge >= 0.3 is 12.1 Å². The van der Waals surface area contributed by atoms with Crippen molar-refractivity contribution in [1.82, 2.24) is 10.2 Å². The molecule has 1 saturated heterocycles. The maximum Gasteiger partial charge on any atom is 0.411 e. The van der Waals surface area contributed by atoms with Gasteiger partial charge in [-0.2, -0.15) is 0 Å². The van der Waals surface area contributed by atoms with Crippen molar-refractivity contribution in [2.24, 2.45) is 0 Å². The fourth-order valence-corrected chi connectivity index (χ4v) is 2.32. The van der Waals surface area contributed by atoms with Crippen LogP contribution < -0.4 is 5.32 Å². The molecule has 23 heavy (non-hydrogen) atoms. The molecule has 1 heterocycles. The monoisotopic (exact) mass is 320 g/mol. The largest absolute Gasteiger partial charge is 0.478 e. The van der Waals surface area contributed by atoms with Crippen molar-refractivity contribution in [1.29, 1.82) is 0 Å². The molecule has 1 aliphatic heterocycles. The summed E-state index contributed by atoms with van der Waals surface area (Å²) in [5, 5.41) is 11.7. The number of amides is 2. The zero-order valence-corrected chi connectivity index (χ0v) is 13.3. The van der Waals surface area contributed by atoms with E-state index in [1.807, 2.05) is 0 Å². The van der Waals surface area contributed by atoms with E-state index in [0.29, 0.717) is 18.7 Å². The predicted molar refractivity (Wildman–Crippen MR) is 82.1 cm³/mol. The number of benzene rings is 1. The topological polar surface area (TPSA) is 95.9 Å². The fraction of sp³-hybridized carbons (Fsp3) is 0.438. The van der Waals surface area contributed by atoms with Crippen LogP contribution in [0.4, 0.5) is 4.79 Å². The summed E-state index contributed by atoms with van der Waals surface area (Å²) < 4.78 is 5.35. The standard InChI is InChI=1S/C16H20N2O5/c1-16(2,3)23-15(22)18-9-8-17-13(19)12(18)10-4-6-11(7-5-10)14(20)21/h4-7,12H,8-9H2,1-3H3,(H,17,19)(H,20,21). The quantitative estimate of drug-likeness (QED) is 0.866. The number of nitrogens with one attached hydrogen (secondary N) is 1. The summed E-state index contributed by atoms with van der Waals surface area (Å²) in [6.07, 6.45) is -0.570. The lowest BCUT2D eigenvalue weighted by molar-refractivity contribution is -0.129. The zero-order chi connectivity index (χ0) is 17.2. The van der Waals surface area contributed by atoms with Crippen molar-refractivity contribution >= 4 is 18.0 Å². The number of carbonyl (C=O) groups excluding carboxylic acids is 2. The van der Waals surface area contributed by atoms with Crippen LogP contribution >= 0.6 is 0 Å². The summed E-state index contributed by atoms with van der Waals surface area (Å²) in [7, 11) is 0. The van der Waals surface area contributed by atoms with Gasteiger partial charge in [-0.3, -0.25) is 9.69 Å². The minimum atomic E-state index is -1.05. The van der Waals surface area contributed by atoms with Crippen LogP contribution in [0.5, 0.6) is 0 Å². The second kappa shape index (κ2) is 6.28. The van der Waals surface area contributed by atoms with Crippen LogP contribution in [0.15, 0.2) is 24.3 Å². The van der Waals surface area contributed by atoms with E-state index in [9.17, 15) is 14.4 Å². The Labute approximate surface area is 134 Å². The smallest absolute Gasteiger partial charge is 0.411 e. The molecule has 1 fully saturated rings. The molecule has 1 atom stereocenters. The minimum Gasteiger partial charge on any atom is -0.478 e. The first kappa shape index (κ1) is 16.8. The third-order valence-electron chi connectivity index (χ3n) is 3.31. The van der Waals surface area contributed by atoms with E-state index in [-0.39, 0.29) is 11.5 Å². The summed E-state index contributed by atoms with van der Waals surface area (Å²) in [4.78, 5) is 36.8. The van der Waals surface area contributed by atoms with E-state index in [2.05, 4.69) is 5.32 Å². The molecule has 0 radical (unpaired) electrons. The molecule has 1 aromatic carbocycles. The third-order valence-corrected chi connectivity index (χ3v) is 3.31. The Morgan fingerprint density at radius 1 is 1.26 bits per heavy atom. The molecule has 1 aliphatic rings. The van der Waals surface area contributed by atoms with Crippen molar-refractivity contribution in [3.05, 3.63) is 35.4 Å². The molecular formula is C16H20N2O5. The lowest BCUT2D eigenvalue weighted by atomic mass is 10.0. The molecule has 124 valence electrons. The zero-order valence-electron chi connectivity index (χ0n) is 13.3. The number of carbonyl (C=O) groups is 3. The normalized spacial score (nSPS) is 18.3. The number of carboxylic acid groups (broad SMARTS) is 1. The number of piperazine rings is 1. The molecule has 1 aromatic rings. The van der Waals surface area contributed by atoms with Crippen LogP contribution in [0.25, 0.3) is 0 Å². The Balaban J connectivity index is 2.28. The predicted octanol–water partition coefficient (Wildman–Crippen LogP) is 1.79. The van der Waals surface area contributed by atoms with Crippen molar-refractivity contribution in [2.45, 2.75) is 32.4 Å².